The van der Waals surface area contributed by atoms with Gasteiger partial charge in [0.25, 0.3) is 0 Å². The van der Waals surface area contributed by atoms with Crippen molar-refractivity contribution in [3.63, 3.8) is 0 Å². The van der Waals surface area contributed by atoms with Crippen LogP contribution in [0.3, 0.4) is 0 Å². The lowest BCUT2D eigenvalue weighted by Crippen LogP contribution is -2.36. The highest BCUT2D eigenvalue weighted by atomic mass is 16.2. The SMILES string of the molecule is Cn1cnc2c1C1C(=O)CC(=O)N1CC2. The highest BCUT2D eigenvalue weighted by Crippen LogP contribution is 2.34. The molecule has 1 fully saturated rings. The van der Waals surface area contributed by atoms with Gasteiger partial charge in [-0.05, 0) is 0 Å². The molecule has 1 aromatic rings. The number of imidazole rings is 1. The minimum atomic E-state index is -0.367. The average molecular weight is 205 g/mol. The van der Waals surface area contributed by atoms with Gasteiger partial charge in [0.2, 0.25) is 5.91 Å². The predicted octanol–water partition coefficient (Wildman–Crippen LogP) is -0.181. The van der Waals surface area contributed by atoms with Gasteiger partial charge in [-0.25, -0.2) is 4.98 Å². The fourth-order valence-corrected chi connectivity index (χ4v) is 2.48. The van der Waals surface area contributed by atoms with Crippen LogP contribution >= 0.6 is 0 Å². The van der Waals surface area contributed by atoms with Crippen LogP contribution in [0.25, 0.3) is 0 Å². The fraction of sp³-hybridized carbons (Fsp3) is 0.500. The van der Waals surface area contributed by atoms with E-state index in [9.17, 15) is 9.59 Å². The smallest absolute Gasteiger partial charge is 0.231 e. The second-order valence-corrected chi connectivity index (χ2v) is 4.07. The Hall–Kier alpha value is -1.65. The number of nitrogens with zero attached hydrogens (tertiary/aromatic N) is 3. The Morgan fingerprint density at radius 2 is 2.27 bits per heavy atom. The molecule has 0 saturated carbocycles. The van der Waals surface area contributed by atoms with Gasteiger partial charge in [-0.1, -0.05) is 0 Å². The molecule has 0 aliphatic carbocycles. The van der Waals surface area contributed by atoms with Crippen LogP contribution in [0.4, 0.5) is 0 Å². The second kappa shape index (κ2) is 2.68. The van der Waals surface area contributed by atoms with Gasteiger partial charge in [-0.15, -0.1) is 0 Å². The molecular formula is C10H11N3O2. The van der Waals surface area contributed by atoms with E-state index in [0.717, 1.165) is 17.8 Å². The number of carbonyl (C=O) groups excluding carboxylic acids is 2. The summed E-state index contributed by atoms with van der Waals surface area (Å²) < 4.78 is 1.85. The number of aryl methyl sites for hydroxylation is 1. The summed E-state index contributed by atoms with van der Waals surface area (Å²) >= 11 is 0. The molecule has 1 unspecified atom stereocenters. The summed E-state index contributed by atoms with van der Waals surface area (Å²) in [5.41, 5.74) is 1.86. The van der Waals surface area contributed by atoms with Crippen LogP contribution in [0, 0.1) is 0 Å². The molecule has 2 aliphatic heterocycles. The zero-order chi connectivity index (χ0) is 10.6. The van der Waals surface area contributed by atoms with Gasteiger partial charge in [0.15, 0.2) is 5.78 Å². The first kappa shape index (κ1) is 8.64. The van der Waals surface area contributed by atoms with E-state index >= 15 is 0 Å². The molecule has 0 radical (unpaired) electrons. The molecule has 1 aromatic heterocycles. The monoisotopic (exact) mass is 205 g/mol. The van der Waals surface area contributed by atoms with E-state index in [4.69, 9.17) is 0 Å². The number of ketones is 1. The summed E-state index contributed by atoms with van der Waals surface area (Å²) in [6.45, 7) is 0.624. The highest BCUT2D eigenvalue weighted by molar-refractivity contribution is 6.08. The van der Waals surface area contributed by atoms with Crippen LogP contribution in [0.1, 0.15) is 23.9 Å². The van der Waals surface area contributed by atoms with Crippen LogP contribution in [0.5, 0.6) is 0 Å². The molecule has 78 valence electrons. The van der Waals surface area contributed by atoms with Gasteiger partial charge in [-0.3, -0.25) is 9.59 Å². The maximum Gasteiger partial charge on any atom is 0.231 e. The van der Waals surface area contributed by atoms with Crippen LogP contribution in [0.2, 0.25) is 0 Å². The third-order valence-corrected chi connectivity index (χ3v) is 3.17. The number of amides is 1. The van der Waals surface area contributed by atoms with Crippen molar-refractivity contribution in [2.75, 3.05) is 6.54 Å². The van der Waals surface area contributed by atoms with Gasteiger partial charge in [0, 0.05) is 20.0 Å². The Morgan fingerprint density at radius 1 is 1.47 bits per heavy atom. The Labute approximate surface area is 86.7 Å². The van der Waals surface area contributed by atoms with E-state index in [1.807, 2.05) is 11.6 Å². The lowest BCUT2D eigenvalue weighted by atomic mass is 10.0. The minimum Gasteiger partial charge on any atom is -0.335 e. The van der Waals surface area contributed by atoms with E-state index in [1.165, 1.54) is 0 Å². The van der Waals surface area contributed by atoms with Crippen molar-refractivity contribution in [2.24, 2.45) is 7.05 Å². The molecule has 1 atom stereocenters. The Kier molecular flexibility index (Phi) is 1.55. The molecule has 0 N–H and O–H groups in total. The molecule has 5 nitrogen and oxygen atoms in total. The molecule has 0 bridgehead atoms. The number of fused-ring (bicyclic) bond motifs is 3. The summed E-state index contributed by atoms with van der Waals surface area (Å²) in [6.07, 6.45) is 2.52. The van der Waals surface area contributed by atoms with Crippen molar-refractivity contribution in [1.29, 1.82) is 0 Å². The maximum absolute atomic E-state index is 11.7. The summed E-state index contributed by atoms with van der Waals surface area (Å²) in [5.74, 6) is -0.0404. The van der Waals surface area contributed by atoms with E-state index in [1.54, 1.807) is 11.2 Å². The lowest BCUT2D eigenvalue weighted by Gasteiger charge is -2.28. The van der Waals surface area contributed by atoms with Gasteiger partial charge >= 0.3 is 0 Å². The van der Waals surface area contributed by atoms with Crippen LogP contribution in [0.15, 0.2) is 6.33 Å². The third-order valence-electron chi connectivity index (χ3n) is 3.17. The molecule has 0 aromatic carbocycles. The number of aromatic nitrogens is 2. The number of carbonyl (C=O) groups is 2. The number of hydrogen-bond donors (Lipinski definition) is 0. The summed E-state index contributed by atoms with van der Waals surface area (Å²) in [6, 6.07) is -0.367. The summed E-state index contributed by atoms with van der Waals surface area (Å²) in [4.78, 5) is 29.2. The first-order valence-electron chi connectivity index (χ1n) is 5.01. The van der Waals surface area contributed by atoms with Crippen molar-refractivity contribution in [1.82, 2.24) is 14.5 Å². The zero-order valence-corrected chi connectivity index (χ0v) is 8.43. The van der Waals surface area contributed by atoms with Crippen molar-refractivity contribution in [2.45, 2.75) is 18.9 Å². The lowest BCUT2D eigenvalue weighted by molar-refractivity contribution is -0.129. The molecule has 15 heavy (non-hydrogen) atoms. The maximum atomic E-state index is 11.7. The van der Waals surface area contributed by atoms with E-state index in [2.05, 4.69) is 4.98 Å². The number of hydrogen-bond acceptors (Lipinski definition) is 3. The quantitative estimate of drug-likeness (QED) is 0.552. The standard InChI is InChI=1S/C10H11N3O2/c1-12-5-11-6-2-3-13-8(15)4-7(14)10(13)9(6)12/h5,10H,2-4H2,1H3. The van der Waals surface area contributed by atoms with Gasteiger partial charge < -0.3 is 9.47 Å². The van der Waals surface area contributed by atoms with Gasteiger partial charge in [0.1, 0.15) is 6.04 Å². The van der Waals surface area contributed by atoms with Crippen LogP contribution in [-0.4, -0.2) is 32.7 Å². The first-order valence-corrected chi connectivity index (χ1v) is 5.01. The molecule has 1 saturated heterocycles. The summed E-state index contributed by atoms with van der Waals surface area (Å²) in [5, 5.41) is 0. The number of rotatable bonds is 0. The summed E-state index contributed by atoms with van der Waals surface area (Å²) in [7, 11) is 1.87. The first-order chi connectivity index (χ1) is 7.18. The van der Waals surface area contributed by atoms with Crippen LogP contribution in [-0.2, 0) is 23.1 Å². The third kappa shape index (κ3) is 1.00. The fourth-order valence-electron chi connectivity index (χ4n) is 2.48. The van der Waals surface area contributed by atoms with E-state index in [-0.39, 0.29) is 24.2 Å². The molecule has 3 heterocycles. The van der Waals surface area contributed by atoms with Gasteiger partial charge in [-0.2, -0.15) is 0 Å². The number of Topliss-reactive ketones (excluding diaryl/α,β-unsaturated/α-hetero) is 1. The van der Waals surface area contributed by atoms with Crippen LogP contribution < -0.4 is 0 Å². The largest absolute Gasteiger partial charge is 0.335 e. The minimum absolute atomic E-state index is 0.00421. The second-order valence-electron chi connectivity index (χ2n) is 4.07. The molecule has 5 heteroatoms. The molecule has 1 amide bonds. The molecular weight excluding hydrogens is 194 g/mol. The topological polar surface area (TPSA) is 55.2 Å². The van der Waals surface area contributed by atoms with Crippen molar-refractivity contribution >= 4 is 11.7 Å². The molecule has 0 spiro atoms. The van der Waals surface area contributed by atoms with E-state index in [0.29, 0.717) is 6.54 Å². The molecule has 2 aliphatic rings. The Bertz CT molecular complexity index is 463. The van der Waals surface area contributed by atoms with Crippen molar-refractivity contribution in [3.8, 4) is 0 Å². The predicted molar refractivity (Wildman–Crippen MR) is 51.0 cm³/mol. The Balaban J connectivity index is 2.16. The zero-order valence-electron chi connectivity index (χ0n) is 8.43. The normalized spacial score (nSPS) is 24.3. The Morgan fingerprint density at radius 3 is 3.07 bits per heavy atom. The van der Waals surface area contributed by atoms with Crippen molar-refractivity contribution < 1.29 is 9.59 Å². The van der Waals surface area contributed by atoms with Crippen molar-refractivity contribution in [3.05, 3.63) is 17.7 Å². The van der Waals surface area contributed by atoms with E-state index < -0.39 is 0 Å². The average Bonchev–Trinajstić information content (AvgIpc) is 2.70. The molecule has 3 rings (SSSR count). The van der Waals surface area contributed by atoms with Gasteiger partial charge in [0.05, 0.1) is 24.1 Å². The highest BCUT2D eigenvalue weighted by Gasteiger charge is 2.44.